The van der Waals surface area contributed by atoms with Crippen LogP contribution in [0.4, 0.5) is 0 Å². The molecule has 1 nitrogen and oxygen atoms in total. The highest BCUT2D eigenvalue weighted by atomic mass is 16.1. The molecule has 2 atom stereocenters. The highest BCUT2D eigenvalue weighted by Gasteiger charge is 2.43. The molecular formula is C18H28O. The first-order valence-corrected chi connectivity index (χ1v) is 7.50. The number of ketones is 1. The molecule has 2 unspecified atom stereocenters. The Morgan fingerprint density at radius 1 is 1.16 bits per heavy atom. The molecule has 0 amide bonds. The van der Waals surface area contributed by atoms with E-state index in [0.717, 1.165) is 12.8 Å². The predicted molar refractivity (Wildman–Crippen MR) is 80.9 cm³/mol. The van der Waals surface area contributed by atoms with Gasteiger partial charge in [0, 0.05) is 16.7 Å². The van der Waals surface area contributed by atoms with Crippen molar-refractivity contribution in [1.29, 1.82) is 0 Å². The van der Waals surface area contributed by atoms with Gasteiger partial charge in [0.2, 0.25) is 0 Å². The summed E-state index contributed by atoms with van der Waals surface area (Å²) in [4.78, 5) is 11.9. The minimum Gasteiger partial charge on any atom is -0.300 e. The number of hydrogen-bond acceptors (Lipinski definition) is 1. The van der Waals surface area contributed by atoms with Crippen LogP contribution < -0.4 is 0 Å². The van der Waals surface area contributed by atoms with Crippen molar-refractivity contribution in [3.8, 4) is 0 Å². The summed E-state index contributed by atoms with van der Waals surface area (Å²) in [6, 6.07) is 0. The molecule has 0 heterocycles. The Bertz CT molecular complexity index is 474. The Balaban J connectivity index is 2.52. The van der Waals surface area contributed by atoms with Gasteiger partial charge in [-0.25, -0.2) is 0 Å². The number of carbonyl (C=O) groups excluding carboxylic acids is 1. The van der Waals surface area contributed by atoms with Crippen LogP contribution in [0, 0.1) is 22.7 Å². The first-order chi connectivity index (χ1) is 8.57. The van der Waals surface area contributed by atoms with Crippen molar-refractivity contribution in [3.05, 3.63) is 22.8 Å². The van der Waals surface area contributed by atoms with Crippen LogP contribution in [-0.4, -0.2) is 5.78 Å². The van der Waals surface area contributed by atoms with Crippen molar-refractivity contribution in [2.45, 2.75) is 61.3 Å². The molecule has 0 aromatic carbocycles. The van der Waals surface area contributed by atoms with Crippen molar-refractivity contribution in [3.63, 3.8) is 0 Å². The SMILES string of the molecule is CC(=O)C1CC2=C(CC1C)C(C)(C)C(C)=CC2(C)C. The zero-order chi connectivity index (χ0) is 14.6. The Labute approximate surface area is 118 Å². The van der Waals surface area contributed by atoms with Crippen molar-refractivity contribution < 1.29 is 4.79 Å². The molecule has 0 saturated carbocycles. The topological polar surface area (TPSA) is 17.1 Å². The lowest BCUT2D eigenvalue weighted by Gasteiger charge is -2.47. The molecule has 2 aliphatic rings. The van der Waals surface area contributed by atoms with E-state index in [1.54, 1.807) is 12.5 Å². The van der Waals surface area contributed by atoms with E-state index in [1.165, 1.54) is 11.1 Å². The van der Waals surface area contributed by atoms with Crippen LogP contribution in [0.25, 0.3) is 0 Å². The summed E-state index contributed by atoms with van der Waals surface area (Å²) in [6.07, 6.45) is 4.46. The van der Waals surface area contributed by atoms with Crippen LogP contribution in [0.2, 0.25) is 0 Å². The average molecular weight is 260 g/mol. The lowest BCUT2D eigenvalue weighted by molar-refractivity contribution is -0.122. The third-order valence-electron chi connectivity index (χ3n) is 5.62. The molecule has 0 radical (unpaired) electrons. The fourth-order valence-electron chi connectivity index (χ4n) is 4.01. The van der Waals surface area contributed by atoms with Gasteiger partial charge in [-0.3, -0.25) is 4.79 Å². The van der Waals surface area contributed by atoms with E-state index in [1.807, 2.05) is 0 Å². The Morgan fingerprint density at radius 2 is 1.74 bits per heavy atom. The zero-order valence-corrected chi connectivity index (χ0v) is 13.6. The monoisotopic (exact) mass is 260 g/mol. The third kappa shape index (κ3) is 2.22. The highest BCUT2D eigenvalue weighted by Crippen LogP contribution is 2.55. The van der Waals surface area contributed by atoms with Crippen LogP contribution in [0.15, 0.2) is 22.8 Å². The quantitative estimate of drug-likeness (QED) is 0.611. The zero-order valence-electron chi connectivity index (χ0n) is 13.6. The minimum absolute atomic E-state index is 0.114. The second-order valence-corrected chi connectivity index (χ2v) is 7.73. The van der Waals surface area contributed by atoms with Gasteiger partial charge in [0.05, 0.1) is 0 Å². The van der Waals surface area contributed by atoms with E-state index in [-0.39, 0.29) is 16.7 Å². The second kappa shape index (κ2) is 4.33. The van der Waals surface area contributed by atoms with Crippen molar-refractivity contribution in [2.75, 3.05) is 0 Å². The van der Waals surface area contributed by atoms with E-state index in [2.05, 4.69) is 47.6 Å². The largest absolute Gasteiger partial charge is 0.300 e. The Hall–Kier alpha value is -0.850. The molecule has 1 heteroatoms. The molecule has 0 aliphatic heterocycles. The average Bonchev–Trinajstić information content (AvgIpc) is 2.25. The maximum absolute atomic E-state index is 11.9. The van der Waals surface area contributed by atoms with Gasteiger partial charge in [-0.2, -0.15) is 0 Å². The molecule has 0 fully saturated rings. The van der Waals surface area contributed by atoms with Crippen LogP contribution in [-0.2, 0) is 4.79 Å². The van der Waals surface area contributed by atoms with Crippen LogP contribution in [0.1, 0.15) is 61.3 Å². The summed E-state index contributed by atoms with van der Waals surface area (Å²) in [6.45, 7) is 15.5. The maximum Gasteiger partial charge on any atom is 0.133 e. The fraction of sp³-hybridized carbons (Fsp3) is 0.722. The maximum atomic E-state index is 11.9. The molecule has 0 saturated heterocycles. The fourth-order valence-corrected chi connectivity index (χ4v) is 4.01. The number of hydrogen-bond donors (Lipinski definition) is 0. The van der Waals surface area contributed by atoms with Gasteiger partial charge in [-0.05, 0) is 32.6 Å². The molecule has 2 rings (SSSR count). The smallest absolute Gasteiger partial charge is 0.133 e. The summed E-state index contributed by atoms with van der Waals surface area (Å²) >= 11 is 0. The van der Waals surface area contributed by atoms with E-state index in [0.29, 0.717) is 11.7 Å². The summed E-state index contributed by atoms with van der Waals surface area (Å²) < 4.78 is 0. The predicted octanol–water partition coefficient (Wildman–Crippen LogP) is 4.93. The second-order valence-electron chi connectivity index (χ2n) is 7.73. The lowest BCUT2D eigenvalue weighted by Crippen LogP contribution is -2.37. The first kappa shape index (κ1) is 14.6. The van der Waals surface area contributed by atoms with E-state index < -0.39 is 0 Å². The van der Waals surface area contributed by atoms with Crippen molar-refractivity contribution in [1.82, 2.24) is 0 Å². The van der Waals surface area contributed by atoms with Gasteiger partial charge in [-0.15, -0.1) is 0 Å². The summed E-state index contributed by atoms with van der Waals surface area (Å²) in [7, 11) is 0. The van der Waals surface area contributed by atoms with Crippen molar-refractivity contribution >= 4 is 5.78 Å². The van der Waals surface area contributed by atoms with E-state index in [9.17, 15) is 4.79 Å². The normalized spacial score (nSPS) is 32.7. The number of allylic oxidation sites excluding steroid dienone is 4. The summed E-state index contributed by atoms with van der Waals surface area (Å²) in [5.41, 5.74) is 4.89. The first-order valence-electron chi connectivity index (χ1n) is 7.50. The van der Waals surface area contributed by atoms with E-state index >= 15 is 0 Å². The van der Waals surface area contributed by atoms with Gasteiger partial charge >= 0.3 is 0 Å². The molecule has 0 bridgehead atoms. The molecule has 0 spiro atoms. The number of carbonyl (C=O) groups is 1. The van der Waals surface area contributed by atoms with Gasteiger partial charge in [-0.1, -0.05) is 57.4 Å². The number of Topliss-reactive ketones (excluding diaryl/α,β-unsaturated/α-hetero) is 1. The van der Waals surface area contributed by atoms with Gasteiger partial charge in [0.15, 0.2) is 0 Å². The molecule has 0 aromatic rings. The summed E-state index contributed by atoms with van der Waals surface area (Å²) in [5.74, 6) is 1.07. The Morgan fingerprint density at radius 3 is 2.26 bits per heavy atom. The Kier molecular flexibility index (Phi) is 3.32. The highest BCUT2D eigenvalue weighted by molar-refractivity contribution is 5.79. The standard InChI is InChI=1S/C18H28O/c1-11-8-16-15(9-14(11)13(3)19)17(4,5)10-12(2)18(16,6)7/h10-11,14H,8-9H2,1-7H3. The van der Waals surface area contributed by atoms with E-state index in [4.69, 9.17) is 0 Å². The van der Waals surface area contributed by atoms with Crippen LogP contribution in [0.3, 0.4) is 0 Å². The van der Waals surface area contributed by atoms with Crippen molar-refractivity contribution in [2.24, 2.45) is 22.7 Å². The minimum atomic E-state index is 0.114. The molecular weight excluding hydrogens is 232 g/mol. The van der Waals surface area contributed by atoms with Crippen LogP contribution >= 0.6 is 0 Å². The van der Waals surface area contributed by atoms with Gasteiger partial charge in [0.1, 0.15) is 5.78 Å². The molecule has 0 aromatic heterocycles. The van der Waals surface area contributed by atoms with Crippen LogP contribution in [0.5, 0.6) is 0 Å². The molecule has 0 N–H and O–H groups in total. The summed E-state index contributed by atoms with van der Waals surface area (Å²) in [5, 5.41) is 0. The number of rotatable bonds is 1. The van der Waals surface area contributed by atoms with Gasteiger partial charge < -0.3 is 0 Å². The molecule has 2 aliphatic carbocycles. The molecule has 106 valence electrons. The van der Waals surface area contributed by atoms with Gasteiger partial charge in [0.25, 0.3) is 0 Å². The lowest BCUT2D eigenvalue weighted by atomic mass is 9.57. The third-order valence-corrected chi connectivity index (χ3v) is 5.62. The molecule has 19 heavy (non-hydrogen) atoms.